The highest BCUT2D eigenvalue weighted by molar-refractivity contribution is 6.30. The summed E-state index contributed by atoms with van der Waals surface area (Å²) in [4.78, 5) is 50.8. The second kappa shape index (κ2) is 17.9. The Morgan fingerprint density at radius 1 is 0.833 bits per heavy atom. The number of rotatable bonds is 9. The van der Waals surface area contributed by atoms with Gasteiger partial charge in [-0.15, -0.1) is 0 Å². The van der Waals surface area contributed by atoms with Crippen LogP contribution >= 0.6 is 23.2 Å². The van der Waals surface area contributed by atoms with Gasteiger partial charge in [-0.3, -0.25) is 24.9 Å². The van der Waals surface area contributed by atoms with Crippen LogP contribution in [0.15, 0.2) is 89.7 Å². The van der Waals surface area contributed by atoms with Gasteiger partial charge in [-0.2, -0.15) is 4.68 Å². The maximum absolute atomic E-state index is 12.9. The molecule has 12 nitrogen and oxygen atoms in total. The Bertz CT molecular complexity index is 2430. The summed E-state index contributed by atoms with van der Waals surface area (Å²) in [6.07, 6.45) is 0.899. The number of benzene rings is 4. The van der Waals surface area contributed by atoms with Crippen molar-refractivity contribution >= 4 is 63.0 Å². The molecule has 0 aliphatic carbocycles. The molecule has 7 aromatic rings. The van der Waals surface area contributed by atoms with Crippen LogP contribution in [0.1, 0.15) is 47.4 Å². The van der Waals surface area contributed by atoms with Crippen LogP contribution in [0.5, 0.6) is 0 Å². The van der Waals surface area contributed by atoms with E-state index >= 15 is 0 Å². The molecule has 4 aromatic carbocycles. The van der Waals surface area contributed by atoms with Crippen LogP contribution in [0, 0.1) is 26.7 Å². The largest absolute Gasteiger partial charge is 0.465 e. The van der Waals surface area contributed by atoms with Crippen molar-refractivity contribution in [2.24, 2.45) is 11.8 Å². The highest BCUT2D eigenvalue weighted by Gasteiger charge is 2.25. The molecule has 14 heteroatoms. The van der Waals surface area contributed by atoms with Gasteiger partial charge in [0.05, 0.1) is 28.7 Å². The number of ketones is 1. The third kappa shape index (κ3) is 10.0. The number of hydrogen-bond acceptors (Lipinski definition) is 8. The third-order valence-corrected chi connectivity index (χ3v) is 9.02. The van der Waals surface area contributed by atoms with E-state index in [0.717, 1.165) is 50.0 Å². The fraction of sp³-hybridized carbons (Fsp3) is 0.225. The molecule has 0 aliphatic rings. The van der Waals surface area contributed by atoms with Crippen LogP contribution in [0.4, 0.5) is 5.95 Å². The first kappa shape index (κ1) is 39.5. The SMILES string of the molecule is CCOC(=O)C(Cc1ccc(Cl)cc1)C(C)=O.Cc1ccc2nc(-n3[nH]c(C)c(Cc4ccc(Cl)cc4)c3=O)[nH]c2c1.Cc1ccc2nc(NN)[nH]c2c1. The summed E-state index contributed by atoms with van der Waals surface area (Å²) in [5.74, 6) is 4.93. The summed E-state index contributed by atoms with van der Waals surface area (Å²) in [5, 5.41) is 4.43. The van der Waals surface area contributed by atoms with E-state index in [1.165, 1.54) is 17.2 Å². The lowest BCUT2D eigenvalue weighted by atomic mass is 9.96. The fourth-order valence-electron chi connectivity index (χ4n) is 5.64. The molecule has 280 valence electrons. The first-order valence-corrected chi connectivity index (χ1v) is 18.0. The highest BCUT2D eigenvalue weighted by atomic mass is 35.5. The molecule has 1 atom stereocenters. The van der Waals surface area contributed by atoms with Gasteiger partial charge in [-0.1, -0.05) is 59.6 Å². The number of hydrogen-bond donors (Lipinski definition) is 5. The van der Waals surface area contributed by atoms with Crippen LogP contribution in [-0.2, 0) is 27.2 Å². The van der Waals surface area contributed by atoms with E-state index in [4.69, 9.17) is 33.8 Å². The van der Waals surface area contributed by atoms with E-state index in [2.05, 4.69) is 30.5 Å². The summed E-state index contributed by atoms with van der Waals surface area (Å²) < 4.78 is 6.34. The first-order chi connectivity index (χ1) is 25.8. The average molecular weight is 770 g/mol. The minimum Gasteiger partial charge on any atom is -0.465 e. The van der Waals surface area contributed by atoms with Gasteiger partial charge in [0, 0.05) is 27.7 Å². The number of imidazole rings is 2. The molecular formula is C40H42Cl2N8O4. The number of aryl methyl sites for hydroxylation is 3. The van der Waals surface area contributed by atoms with Crippen molar-refractivity contribution < 1.29 is 14.3 Å². The van der Waals surface area contributed by atoms with Gasteiger partial charge < -0.3 is 14.7 Å². The normalized spacial score (nSPS) is 11.3. The zero-order valence-electron chi connectivity index (χ0n) is 30.6. The molecule has 0 bridgehead atoms. The number of ether oxygens (including phenoxy) is 1. The lowest BCUT2D eigenvalue weighted by Gasteiger charge is -2.12. The van der Waals surface area contributed by atoms with Crippen LogP contribution in [0.3, 0.4) is 0 Å². The van der Waals surface area contributed by atoms with Crippen LogP contribution in [0.2, 0.25) is 10.0 Å². The molecule has 1 unspecified atom stereocenters. The third-order valence-electron chi connectivity index (χ3n) is 8.51. The van der Waals surface area contributed by atoms with Gasteiger partial charge in [-0.25, -0.2) is 15.8 Å². The minimum atomic E-state index is -0.726. The van der Waals surface area contributed by atoms with Crippen molar-refractivity contribution in [2.45, 2.75) is 47.5 Å². The Hall–Kier alpha value is -5.69. The number of carbonyl (C=O) groups is 2. The maximum atomic E-state index is 12.9. The summed E-state index contributed by atoms with van der Waals surface area (Å²) in [6, 6.07) is 26.6. The van der Waals surface area contributed by atoms with Gasteiger partial charge in [-0.05, 0) is 112 Å². The maximum Gasteiger partial charge on any atom is 0.316 e. The second-order valence-electron chi connectivity index (χ2n) is 12.7. The topological polar surface area (TPSA) is 177 Å². The molecule has 0 saturated heterocycles. The molecule has 6 N–H and O–H groups in total. The van der Waals surface area contributed by atoms with Crippen molar-refractivity contribution in [3.8, 4) is 5.95 Å². The molecule has 0 amide bonds. The van der Waals surface area contributed by atoms with Crippen molar-refractivity contribution in [3.05, 3.63) is 139 Å². The van der Waals surface area contributed by atoms with Crippen molar-refractivity contribution in [2.75, 3.05) is 12.0 Å². The summed E-state index contributed by atoms with van der Waals surface area (Å²) in [5.41, 5.74) is 11.9. The monoisotopic (exact) mass is 768 g/mol. The molecule has 0 spiro atoms. The number of aromatic nitrogens is 6. The van der Waals surface area contributed by atoms with Gasteiger partial charge in [0.25, 0.3) is 5.56 Å². The molecule has 3 heterocycles. The number of H-pyrrole nitrogens is 3. The van der Waals surface area contributed by atoms with E-state index in [0.29, 0.717) is 34.8 Å². The zero-order valence-corrected chi connectivity index (χ0v) is 32.1. The predicted molar refractivity (Wildman–Crippen MR) is 214 cm³/mol. The Morgan fingerprint density at radius 2 is 1.39 bits per heavy atom. The zero-order chi connectivity index (χ0) is 38.9. The number of Topliss-reactive ketones (excluding diaryl/α,β-unsaturated/α-hetero) is 1. The Balaban J connectivity index is 0.000000168. The predicted octanol–water partition coefficient (Wildman–Crippen LogP) is 7.71. The second-order valence-corrected chi connectivity index (χ2v) is 13.6. The Labute approximate surface area is 322 Å². The minimum absolute atomic E-state index is 0.0942. The average Bonchev–Trinajstić information content (AvgIpc) is 3.84. The van der Waals surface area contributed by atoms with Crippen molar-refractivity contribution in [1.29, 1.82) is 0 Å². The van der Waals surface area contributed by atoms with Crippen molar-refractivity contribution in [1.82, 2.24) is 29.7 Å². The summed E-state index contributed by atoms with van der Waals surface area (Å²) in [6.45, 7) is 9.36. The Kier molecular flexibility index (Phi) is 13.1. The van der Waals surface area contributed by atoms with E-state index < -0.39 is 11.9 Å². The number of nitrogens with two attached hydrogens (primary N) is 1. The molecule has 0 aliphatic heterocycles. The number of nitrogens with one attached hydrogen (secondary N) is 4. The number of carbonyl (C=O) groups excluding carboxylic acids is 2. The number of hydrazine groups is 1. The highest BCUT2D eigenvalue weighted by Crippen LogP contribution is 2.19. The molecule has 0 radical (unpaired) electrons. The van der Waals surface area contributed by atoms with Gasteiger partial charge in [0.2, 0.25) is 11.9 Å². The molecular weight excluding hydrogens is 727 g/mol. The molecule has 3 aromatic heterocycles. The number of nitrogen functional groups attached to an aromatic ring is 1. The van der Waals surface area contributed by atoms with Gasteiger partial charge in [0.15, 0.2) is 0 Å². The fourth-order valence-corrected chi connectivity index (χ4v) is 5.90. The molecule has 7 rings (SSSR count). The van der Waals surface area contributed by atoms with Crippen LogP contribution in [0.25, 0.3) is 28.0 Å². The lowest BCUT2D eigenvalue weighted by molar-refractivity contribution is -0.151. The van der Waals surface area contributed by atoms with E-state index in [-0.39, 0.29) is 17.9 Å². The standard InChI is InChI=1S/C19H17ClN4O.C13H15ClO3.C8H10N4/c1-11-3-8-16-17(9-11)22-19(21-16)24-18(25)15(12(2)23-24)10-13-4-6-14(20)7-5-13;1-3-17-13(16)12(9(2)15)8-10-4-6-11(14)7-5-10;1-5-2-3-6-7(4-5)11-8(10-6)12-9/h3-9,23H,10H2,1-2H3,(H,21,22);4-7,12H,3,8H2,1-2H3;2-4H,9H2,1H3,(H2,10,11,12). The number of aromatic amines is 3. The number of halogens is 2. The number of anilines is 1. The van der Waals surface area contributed by atoms with Crippen LogP contribution < -0.4 is 16.8 Å². The number of esters is 1. The van der Waals surface area contributed by atoms with E-state index in [1.54, 1.807) is 31.2 Å². The molecule has 0 saturated carbocycles. The smallest absolute Gasteiger partial charge is 0.316 e. The molecule has 54 heavy (non-hydrogen) atoms. The number of nitrogens with zero attached hydrogens (tertiary/aromatic N) is 3. The first-order valence-electron chi connectivity index (χ1n) is 17.2. The van der Waals surface area contributed by atoms with Crippen molar-refractivity contribution in [3.63, 3.8) is 0 Å². The van der Waals surface area contributed by atoms with Crippen LogP contribution in [-0.4, -0.2) is 48.1 Å². The number of fused-ring (bicyclic) bond motifs is 2. The molecule has 0 fully saturated rings. The lowest BCUT2D eigenvalue weighted by Crippen LogP contribution is -2.26. The van der Waals surface area contributed by atoms with Gasteiger partial charge in [0.1, 0.15) is 11.7 Å². The quantitative estimate of drug-likeness (QED) is 0.0429. The van der Waals surface area contributed by atoms with E-state index in [1.807, 2.05) is 81.4 Å². The summed E-state index contributed by atoms with van der Waals surface area (Å²) >= 11 is 11.7. The Morgan fingerprint density at radius 3 is 1.94 bits per heavy atom. The summed E-state index contributed by atoms with van der Waals surface area (Å²) in [7, 11) is 0. The van der Waals surface area contributed by atoms with E-state index in [9.17, 15) is 14.4 Å². The van der Waals surface area contributed by atoms with Gasteiger partial charge >= 0.3 is 5.97 Å².